The van der Waals surface area contributed by atoms with Crippen LogP contribution in [0.25, 0.3) is 0 Å². The Morgan fingerprint density at radius 2 is 1.64 bits per heavy atom. The van der Waals surface area contributed by atoms with Crippen LogP contribution in [0.5, 0.6) is 0 Å². The summed E-state index contributed by atoms with van der Waals surface area (Å²) in [5.74, 6) is -1.13. The minimum Gasteiger partial charge on any atom is -0.324 e. The fourth-order valence-corrected chi connectivity index (χ4v) is 3.66. The first-order valence-corrected chi connectivity index (χ1v) is 8.87. The van der Waals surface area contributed by atoms with Gasteiger partial charge in [0.15, 0.2) is 0 Å². The van der Waals surface area contributed by atoms with Crippen LogP contribution in [-0.4, -0.2) is 28.7 Å². The number of amides is 3. The molecule has 3 atom stereocenters. The van der Waals surface area contributed by atoms with Gasteiger partial charge in [-0.3, -0.25) is 19.3 Å². The zero-order chi connectivity index (χ0) is 18.0. The van der Waals surface area contributed by atoms with Gasteiger partial charge in [0.05, 0.1) is 11.8 Å². The highest BCUT2D eigenvalue weighted by Gasteiger charge is 2.51. The highest BCUT2D eigenvalue weighted by atomic mass is 16.2. The number of allylic oxidation sites excluding steroid dienone is 2. The summed E-state index contributed by atoms with van der Waals surface area (Å²) in [6.45, 7) is 3.98. The molecule has 0 saturated carbocycles. The maximum atomic E-state index is 12.9. The van der Waals surface area contributed by atoms with Crippen LogP contribution in [0.2, 0.25) is 0 Å². The summed E-state index contributed by atoms with van der Waals surface area (Å²) < 4.78 is 0. The molecule has 1 aromatic carbocycles. The predicted molar refractivity (Wildman–Crippen MR) is 95.5 cm³/mol. The molecule has 1 heterocycles. The van der Waals surface area contributed by atoms with Crippen molar-refractivity contribution in [2.45, 2.75) is 39.2 Å². The van der Waals surface area contributed by atoms with Crippen molar-refractivity contribution in [2.75, 3.05) is 5.32 Å². The highest BCUT2D eigenvalue weighted by molar-refractivity contribution is 6.10. The molecule has 3 amide bonds. The molecule has 5 heteroatoms. The van der Waals surface area contributed by atoms with Crippen LogP contribution in [0, 0.1) is 17.8 Å². The van der Waals surface area contributed by atoms with E-state index in [1.54, 1.807) is 12.1 Å². The fraction of sp³-hybridized carbons (Fsp3) is 0.450. The molecule has 5 nitrogen and oxygen atoms in total. The molecule has 0 aromatic heterocycles. The molecule has 1 N–H and O–H groups in total. The van der Waals surface area contributed by atoms with Gasteiger partial charge in [0.2, 0.25) is 17.7 Å². The number of carbonyl (C=O) groups excluding carboxylic acids is 3. The van der Waals surface area contributed by atoms with E-state index in [9.17, 15) is 14.4 Å². The van der Waals surface area contributed by atoms with Gasteiger partial charge in [-0.05, 0) is 37.3 Å². The van der Waals surface area contributed by atoms with E-state index in [0.717, 1.165) is 0 Å². The predicted octanol–water partition coefficient (Wildman–Crippen LogP) is 2.99. The van der Waals surface area contributed by atoms with Crippen molar-refractivity contribution in [3.05, 3.63) is 42.5 Å². The topological polar surface area (TPSA) is 66.5 Å². The van der Waals surface area contributed by atoms with E-state index in [4.69, 9.17) is 0 Å². The number of nitrogens with zero attached hydrogens (tertiary/aromatic N) is 1. The SMILES string of the molecule is CC(C)CC(C(=O)Nc1ccccc1)N1C(=O)C2CC=CCC2C1=O. The van der Waals surface area contributed by atoms with E-state index in [1.807, 2.05) is 44.2 Å². The van der Waals surface area contributed by atoms with Crippen LogP contribution in [0.1, 0.15) is 33.1 Å². The van der Waals surface area contributed by atoms with E-state index < -0.39 is 6.04 Å². The van der Waals surface area contributed by atoms with Crippen molar-refractivity contribution < 1.29 is 14.4 Å². The Labute approximate surface area is 148 Å². The minimum absolute atomic E-state index is 0.188. The number of anilines is 1. The molecule has 0 radical (unpaired) electrons. The molecular formula is C20H24N2O3. The summed E-state index contributed by atoms with van der Waals surface area (Å²) in [5.41, 5.74) is 0.666. The Kier molecular flexibility index (Phi) is 5.02. The molecule has 25 heavy (non-hydrogen) atoms. The third kappa shape index (κ3) is 3.50. The van der Waals surface area contributed by atoms with Crippen molar-refractivity contribution in [3.63, 3.8) is 0 Å². The van der Waals surface area contributed by atoms with E-state index in [0.29, 0.717) is 24.9 Å². The highest BCUT2D eigenvalue weighted by Crippen LogP contribution is 2.37. The number of imide groups is 1. The van der Waals surface area contributed by atoms with Gasteiger partial charge in [-0.15, -0.1) is 0 Å². The Morgan fingerprint density at radius 1 is 1.08 bits per heavy atom. The number of nitrogens with one attached hydrogen (secondary N) is 1. The zero-order valence-corrected chi connectivity index (χ0v) is 14.6. The minimum atomic E-state index is -0.759. The third-order valence-corrected chi connectivity index (χ3v) is 4.89. The average molecular weight is 340 g/mol. The second kappa shape index (κ2) is 7.21. The zero-order valence-electron chi connectivity index (χ0n) is 14.6. The average Bonchev–Trinajstić information content (AvgIpc) is 2.85. The molecule has 1 aromatic rings. The molecule has 1 fully saturated rings. The van der Waals surface area contributed by atoms with Crippen LogP contribution in [0.4, 0.5) is 5.69 Å². The lowest BCUT2D eigenvalue weighted by Gasteiger charge is -2.27. The summed E-state index contributed by atoms with van der Waals surface area (Å²) in [7, 11) is 0. The van der Waals surface area contributed by atoms with Gasteiger partial charge in [-0.1, -0.05) is 44.2 Å². The number of likely N-dealkylation sites (tertiary alicyclic amines) is 1. The van der Waals surface area contributed by atoms with E-state index >= 15 is 0 Å². The fourth-order valence-electron chi connectivity index (χ4n) is 3.66. The summed E-state index contributed by atoms with van der Waals surface area (Å²) in [6.07, 6.45) is 5.54. The summed E-state index contributed by atoms with van der Waals surface area (Å²) >= 11 is 0. The quantitative estimate of drug-likeness (QED) is 0.662. The molecule has 2 aliphatic rings. The molecule has 1 aliphatic heterocycles. The number of carbonyl (C=O) groups is 3. The van der Waals surface area contributed by atoms with E-state index in [-0.39, 0.29) is 35.5 Å². The summed E-state index contributed by atoms with van der Waals surface area (Å²) in [4.78, 5) is 39.7. The normalized spacial score (nSPS) is 23.7. The van der Waals surface area contributed by atoms with Gasteiger partial charge < -0.3 is 5.32 Å². The Morgan fingerprint density at radius 3 is 2.16 bits per heavy atom. The lowest BCUT2D eigenvalue weighted by molar-refractivity contribution is -0.147. The lowest BCUT2D eigenvalue weighted by atomic mass is 9.85. The van der Waals surface area contributed by atoms with Gasteiger partial charge in [-0.25, -0.2) is 0 Å². The number of benzene rings is 1. The first kappa shape index (κ1) is 17.4. The number of hydrogen-bond donors (Lipinski definition) is 1. The van der Waals surface area contributed by atoms with Gasteiger partial charge in [0.1, 0.15) is 6.04 Å². The number of hydrogen-bond acceptors (Lipinski definition) is 3. The van der Waals surface area contributed by atoms with Crippen LogP contribution < -0.4 is 5.32 Å². The Hall–Kier alpha value is -2.43. The van der Waals surface area contributed by atoms with Crippen molar-refractivity contribution in [3.8, 4) is 0 Å². The monoisotopic (exact) mass is 340 g/mol. The molecule has 3 rings (SSSR count). The van der Waals surface area contributed by atoms with Crippen LogP contribution >= 0.6 is 0 Å². The molecule has 132 valence electrons. The largest absolute Gasteiger partial charge is 0.324 e. The van der Waals surface area contributed by atoms with E-state index in [1.165, 1.54) is 4.90 Å². The first-order chi connectivity index (χ1) is 12.0. The molecule has 1 aliphatic carbocycles. The molecule has 1 saturated heterocycles. The maximum absolute atomic E-state index is 12.9. The molecule has 0 bridgehead atoms. The van der Waals surface area contributed by atoms with Crippen molar-refractivity contribution in [1.29, 1.82) is 0 Å². The molecule has 0 spiro atoms. The van der Waals surface area contributed by atoms with Gasteiger partial charge in [-0.2, -0.15) is 0 Å². The van der Waals surface area contributed by atoms with Crippen LogP contribution in [0.3, 0.4) is 0 Å². The number of fused-ring (bicyclic) bond motifs is 1. The lowest BCUT2D eigenvalue weighted by Crippen LogP contribution is -2.48. The Bertz CT molecular complexity index is 670. The van der Waals surface area contributed by atoms with Crippen molar-refractivity contribution in [1.82, 2.24) is 4.90 Å². The van der Waals surface area contributed by atoms with Crippen molar-refractivity contribution in [2.24, 2.45) is 17.8 Å². The second-order valence-electron chi connectivity index (χ2n) is 7.20. The molecular weight excluding hydrogens is 316 g/mol. The number of rotatable bonds is 5. The second-order valence-corrected chi connectivity index (χ2v) is 7.20. The van der Waals surface area contributed by atoms with Crippen LogP contribution in [-0.2, 0) is 14.4 Å². The van der Waals surface area contributed by atoms with Gasteiger partial charge in [0.25, 0.3) is 0 Å². The maximum Gasteiger partial charge on any atom is 0.247 e. The smallest absolute Gasteiger partial charge is 0.247 e. The van der Waals surface area contributed by atoms with Gasteiger partial charge >= 0.3 is 0 Å². The van der Waals surface area contributed by atoms with E-state index in [2.05, 4.69) is 5.32 Å². The van der Waals surface area contributed by atoms with Gasteiger partial charge in [0, 0.05) is 5.69 Å². The summed E-state index contributed by atoms with van der Waals surface area (Å²) in [6, 6.07) is 8.36. The third-order valence-electron chi connectivity index (χ3n) is 4.89. The van der Waals surface area contributed by atoms with Crippen molar-refractivity contribution >= 4 is 23.4 Å². The number of para-hydroxylation sites is 1. The first-order valence-electron chi connectivity index (χ1n) is 8.87. The van der Waals surface area contributed by atoms with Crippen LogP contribution in [0.15, 0.2) is 42.5 Å². The standard InChI is InChI=1S/C20H24N2O3/c1-13(2)12-17(18(23)21-14-8-4-3-5-9-14)22-19(24)15-10-6-7-11-16(15)20(22)25/h3-9,13,15-17H,10-12H2,1-2H3,(H,21,23). The summed E-state index contributed by atoms with van der Waals surface area (Å²) in [5, 5.41) is 2.85. The Balaban J connectivity index is 1.84. The molecule has 3 unspecified atom stereocenters.